The Bertz CT molecular complexity index is 1620. The number of fused-ring (bicyclic) bond motifs is 3. The first kappa shape index (κ1) is 16.1. The average molecular weight is 382 g/mol. The van der Waals surface area contributed by atoms with Gasteiger partial charge in [-0.05, 0) is 55.4 Å². The summed E-state index contributed by atoms with van der Waals surface area (Å²) in [5, 5.41) is 9.24. The zero-order chi connectivity index (χ0) is 19.7. The van der Waals surface area contributed by atoms with Crippen molar-refractivity contribution in [2.24, 2.45) is 9.98 Å². The molecule has 30 heavy (non-hydrogen) atoms. The number of benzene rings is 5. The molecule has 0 fully saturated rings. The Morgan fingerprint density at radius 2 is 1.47 bits per heavy atom. The minimum absolute atomic E-state index is 0.861. The zero-order valence-electron chi connectivity index (χ0n) is 16.4. The van der Waals surface area contributed by atoms with Crippen molar-refractivity contribution in [3.05, 3.63) is 101 Å². The maximum Gasteiger partial charge on any atom is 0.116 e. The van der Waals surface area contributed by atoms with Crippen LogP contribution >= 0.6 is 0 Å². The van der Waals surface area contributed by atoms with Crippen molar-refractivity contribution in [3.8, 4) is 0 Å². The largest absolute Gasteiger partial charge is 0.239 e. The fourth-order valence-electron chi connectivity index (χ4n) is 5.33. The highest BCUT2D eigenvalue weighted by atomic mass is 15.0. The molecule has 1 heterocycles. The first-order valence-electron chi connectivity index (χ1n) is 10.4. The second-order valence-corrected chi connectivity index (χ2v) is 8.22. The zero-order valence-corrected chi connectivity index (χ0v) is 16.4. The molecule has 0 bridgehead atoms. The van der Waals surface area contributed by atoms with Gasteiger partial charge in [0.25, 0.3) is 0 Å². The van der Waals surface area contributed by atoms with E-state index in [1.807, 2.05) is 0 Å². The van der Waals surface area contributed by atoms with Gasteiger partial charge in [-0.25, -0.2) is 9.98 Å². The summed E-state index contributed by atoms with van der Waals surface area (Å²) in [6.07, 6.45) is 3.51. The van der Waals surface area contributed by atoms with Crippen LogP contribution < -0.4 is 5.22 Å². The molecule has 1 aliphatic heterocycles. The molecule has 0 saturated carbocycles. The lowest BCUT2D eigenvalue weighted by Gasteiger charge is -2.20. The van der Waals surface area contributed by atoms with Gasteiger partial charge in [0.15, 0.2) is 0 Å². The van der Waals surface area contributed by atoms with E-state index in [9.17, 15) is 0 Å². The van der Waals surface area contributed by atoms with Crippen LogP contribution in [0, 0.1) is 0 Å². The summed E-state index contributed by atoms with van der Waals surface area (Å²) in [5.41, 5.74) is 6.21. The molecule has 2 nitrogen and oxygen atoms in total. The Labute approximate surface area is 173 Å². The van der Waals surface area contributed by atoms with Gasteiger partial charge in [-0.3, -0.25) is 0 Å². The Kier molecular flexibility index (Phi) is 3.14. The molecule has 1 aliphatic carbocycles. The van der Waals surface area contributed by atoms with Crippen LogP contribution in [0.3, 0.4) is 0 Å². The highest BCUT2D eigenvalue weighted by Crippen LogP contribution is 2.36. The van der Waals surface area contributed by atoms with Crippen LogP contribution in [0.15, 0.2) is 88.8 Å². The summed E-state index contributed by atoms with van der Waals surface area (Å²) in [4.78, 5) is 9.25. The van der Waals surface area contributed by atoms with Crippen molar-refractivity contribution in [1.82, 2.24) is 0 Å². The number of nitrogens with zero attached hydrogens (tertiary/aromatic N) is 2. The lowest BCUT2D eigenvalue weighted by molar-refractivity contribution is 1.22. The summed E-state index contributed by atoms with van der Waals surface area (Å²) in [5.74, 6) is 0. The van der Waals surface area contributed by atoms with Crippen LogP contribution in [0.1, 0.15) is 16.7 Å². The molecule has 5 aromatic carbocycles. The van der Waals surface area contributed by atoms with Gasteiger partial charge >= 0.3 is 0 Å². The number of hydrogen-bond donors (Lipinski definition) is 0. The number of hydrogen-bond acceptors (Lipinski definition) is 2. The molecule has 0 spiro atoms. The van der Waals surface area contributed by atoms with Gasteiger partial charge in [0, 0.05) is 11.6 Å². The molecule has 5 aromatic rings. The molecule has 2 aliphatic rings. The van der Waals surface area contributed by atoms with Crippen LogP contribution in [0.5, 0.6) is 0 Å². The molecule has 0 N–H and O–H groups in total. The maximum atomic E-state index is 4.68. The molecule has 0 saturated heterocycles. The molecular formula is C28H18N2. The van der Waals surface area contributed by atoms with Gasteiger partial charge in [-0.15, -0.1) is 0 Å². The SMILES string of the molecule is C1=NC2=c3c4cccc5c(Cc6ccccc6)ccc(c6cccc(c36)CC2=N1)c54. The fraction of sp³-hybridized carbons (Fsp3) is 0.0714. The Morgan fingerprint density at radius 1 is 0.667 bits per heavy atom. The van der Waals surface area contributed by atoms with E-state index in [0.29, 0.717) is 0 Å². The van der Waals surface area contributed by atoms with E-state index in [4.69, 9.17) is 0 Å². The fourth-order valence-corrected chi connectivity index (χ4v) is 5.33. The van der Waals surface area contributed by atoms with E-state index in [1.54, 1.807) is 6.34 Å². The van der Waals surface area contributed by atoms with Crippen LogP contribution in [-0.2, 0) is 12.8 Å². The monoisotopic (exact) mass is 382 g/mol. The molecule has 7 rings (SSSR count). The summed E-state index contributed by atoms with van der Waals surface area (Å²) < 4.78 is 0. The van der Waals surface area contributed by atoms with Crippen molar-refractivity contribution < 1.29 is 0 Å². The van der Waals surface area contributed by atoms with Crippen molar-refractivity contribution >= 4 is 50.1 Å². The van der Waals surface area contributed by atoms with E-state index in [0.717, 1.165) is 24.3 Å². The van der Waals surface area contributed by atoms with Gasteiger partial charge in [-0.2, -0.15) is 0 Å². The molecule has 0 atom stereocenters. The van der Waals surface area contributed by atoms with Crippen LogP contribution in [-0.4, -0.2) is 12.1 Å². The average Bonchev–Trinajstić information content (AvgIpc) is 3.26. The van der Waals surface area contributed by atoms with Crippen molar-refractivity contribution in [2.45, 2.75) is 12.8 Å². The topological polar surface area (TPSA) is 24.7 Å². The third kappa shape index (κ3) is 2.08. The molecular weight excluding hydrogens is 364 g/mol. The minimum Gasteiger partial charge on any atom is -0.239 e. The summed E-state index contributed by atoms with van der Waals surface area (Å²) in [6.45, 7) is 0. The first-order chi connectivity index (χ1) is 14.9. The quantitative estimate of drug-likeness (QED) is 0.280. The van der Waals surface area contributed by atoms with E-state index in [1.165, 1.54) is 54.2 Å². The summed E-state index contributed by atoms with van der Waals surface area (Å²) >= 11 is 0. The van der Waals surface area contributed by atoms with Gasteiger partial charge < -0.3 is 0 Å². The van der Waals surface area contributed by atoms with Crippen molar-refractivity contribution in [2.75, 3.05) is 0 Å². The Morgan fingerprint density at radius 3 is 2.40 bits per heavy atom. The summed E-state index contributed by atoms with van der Waals surface area (Å²) in [7, 11) is 0. The van der Waals surface area contributed by atoms with Crippen LogP contribution in [0.4, 0.5) is 0 Å². The van der Waals surface area contributed by atoms with Crippen molar-refractivity contribution in [1.29, 1.82) is 0 Å². The van der Waals surface area contributed by atoms with E-state index >= 15 is 0 Å². The van der Waals surface area contributed by atoms with Gasteiger partial charge in [0.2, 0.25) is 0 Å². The third-order valence-corrected chi connectivity index (χ3v) is 6.60. The first-order valence-corrected chi connectivity index (χ1v) is 10.4. The normalized spacial score (nSPS) is 14.7. The van der Waals surface area contributed by atoms with Crippen molar-refractivity contribution in [3.63, 3.8) is 0 Å². The smallest absolute Gasteiger partial charge is 0.116 e. The van der Waals surface area contributed by atoms with E-state index < -0.39 is 0 Å². The van der Waals surface area contributed by atoms with Crippen LogP contribution in [0.2, 0.25) is 0 Å². The number of rotatable bonds is 2. The standard InChI is InChI=1S/C28H18N2/c1-2-6-17(7-3-1)14-18-12-13-22-21-10-4-8-19-15-24-28(30-16-29-24)27(25(19)21)23-11-5-9-20(18)26(22)23/h1-13,16H,14-15H2. The highest BCUT2D eigenvalue weighted by Gasteiger charge is 2.24. The van der Waals surface area contributed by atoms with Gasteiger partial charge in [0.05, 0.1) is 11.4 Å². The maximum absolute atomic E-state index is 4.68. The predicted octanol–water partition coefficient (Wildman–Crippen LogP) is 5.60. The second kappa shape index (κ2) is 5.87. The highest BCUT2D eigenvalue weighted by molar-refractivity contribution is 6.32. The van der Waals surface area contributed by atoms with E-state index in [2.05, 4.69) is 88.8 Å². The van der Waals surface area contributed by atoms with Gasteiger partial charge in [-0.1, -0.05) is 78.9 Å². The minimum atomic E-state index is 0.861. The van der Waals surface area contributed by atoms with Gasteiger partial charge in [0.1, 0.15) is 6.34 Å². The Hall–Kier alpha value is -3.78. The summed E-state index contributed by atoms with van der Waals surface area (Å²) in [6, 6.07) is 28.8. The molecule has 0 unspecified atom stereocenters. The van der Waals surface area contributed by atoms with E-state index in [-0.39, 0.29) is 0 Å². The molecule has 0 amide bonds. The predicted molar refractivity (Wildman–Crippen MR) is 126 cm³/mol. The molecule has 140 valence electrons. The lowest BCUT2D eigenvalue weighted by atomic mass is 9.84. The second-order valence-electron chi connectivity index (χ2n) is 8.22. The molecule has 0 aromatic heterocycles. The molecule has 0 radical (unpaired) electrons. The van der Waals surface area contributed by atoms with Crippen LogP contribution in [0.25, 0.3) is 38.0 Å². The lowest BCUT2D eigenvalue weighted by Crippen LogP contribution is -2.21. The number of aliphatic imine (C=N–C) groups is 2. The Balaban J connectivity index is 1.67. The molecule has 2 heteroatoms. The third-order valence-electron chi connectivity index (χ3n) is 6.60.